The predicted molar refractivity (Wildman–Crippen MR) is 77.2 cm³/mol. The monoisotopic (exact) mass is 284 g/mol. The van der Waals surface area contributed by atoms with E-state index in [2.05, 4.69) is 5.18 Å². The van der Waals surface area contributed by atoms with Crippen molar-refractivity contribution >= 4 is 17.6 Å². The van der Waals surface area contributed by atoms with E-state index in [9.17, 15) is 14.5 Å². The minimum Gasteiger partial charge on any atom is -0.478 e. The molecule has 0 aromatic heterocycles. The molecule has 0 saturated carbocycles. The fourth-order valence-electron chi connectivity index (χ4n) is 2.03. The highest BCUT2D eigenvalue weighted by Crippen LogP contribution is 2.21. The van der Waals surface area contributed by atoms with Crippen LogP contribution < -0.4 is 5.73 Å². The van der Waals surface area contributed by atoms with Gasteiger partial charge >= 0.3 is 11.9 Å². The van der Waals surface area contributed by atoms with Gasteiger partial charge in [-0.15, -0.1) is 4.91 Å². The number of rotatable bonds is 4. The van der Waals surface area contributed by atoms with Gasteiger partial charge in [-0.05, 0) is 29.3 Å². The first-order chi connectivity index (χ1) is 10.0. The molecule has 0 unspecified atom stereocenters. The molecule has 0 atom stereocenters. The van der Waals surface area contributed by atoms with Crippen LogP contribution in [0.2, 0.25) is 0 Å². The highest BCUT2D eigenvalue weighted by Gasteiger charge is 2.12. The van der Waals surface area contributed by atoms with E-state index in [0.717, 1.165) is 0 Å². The Morgan fingerprint density at radius 3 is 2.43 bits per heavy atom. The van der Waals surface area contributed by atoms with Gasteiger partial charge in [-0.1, -0.05) is 24.3 Å². The average Bonchev–Trinajstić information content (AvgIpc) is 2.48. The number of nitroso groups, excluding NO2 is 1. The quantitative estimate of drug-likeness (QED) is 0.662. The van der Waals surface area contributed by atoms with Crippen molar-refractivity contribution in [2.45, 2.75) is 6.42 Å². The molecule has 6 heteroatoms. The first-order valence-electron chi connectivity index (χ1n) is 6.10. The fourth-order valence-corrected chi connectivity index (χ4v) is 2.03. The number of hydrogen-bond donors (Lipinski definition) is 2. The Balaban J connectivity index is 2.35. The molecule has 0 aliphatic heterocycles. The van der Waals surface area contributed by atoms with Crippen molar-refractivity contribution in [2.75, 3.05) is 5.73 Å². The van der Waals surface area contributed by atoms with Crippen molar-refractivity contribution in [3.8, 4) is 0 Å². The van der Waals surface area contributed by atoms with Gasteiger partial charge in [0, 0.05) is 22.8 Å². The zero-order valence-corrected chi connectivity index (χ0v) is 10.9. The molecule has 1 amide bonds. The summed E-state index contributed by atoms with van der Waals surface area (Å²) in [6.07, 6.45) is 0.317. The van der Waals surface area contributed by atoms with E-state index in [0.29, 0.717) is 23.2 Å². The number of nitrogens with zero attached hydrogens (tertiary/aromatic N) is 1. The lowest BCUT2D eigenvalue weighted by molar-refractivity contribution is 0.0695. The molecule has 0 bridgehead atoms. The maximum atomic E-state index is 11.2. The van der Waals surface area contributed by atoms with Crippen LogP contribution in [0.1, 0.15) is 31.8 Å². The second-order valence-corrected chi connectivity index (χ2v) is 4.45. The number of amides is 1. The van der Waals surface area contributed by atoms with Crippen LogP contribution in [0.15, 0.2) is 47.6 Å². The molecule has 0 aliphatic rings. The van der Waals surface area contributed by atoms with Gasteiger partial charge in [0.25, 0.3) is 0 Å². The van der Waals surface area contributed by atoms with Gasteiger partial charge in [-0.2, -0.15) is 0 Å². The van der Waals surface area contributed by atoms with E-state index in [1.165, 1.54) is 18.2 Å². The summed E-state index contributed by atoms with van der Waals surface area (Å²) in [5, 5.41) is 11.5. The molecule has 2 aromatic carbocycles. The van der Waals surface area contributed by atoms with Crippen LogP contribution in [0, 0.1) is 4.91 Å². The van der Waals surface area contributed by atoms with E-state index in [1.807, 2.05) is 0 Å². The van der Waals surface area contributed by atoms with E-state index >= 15 is 0 Å². The molecule has 0 heterocycles. The topological polar surface area (TPSA) is 110 Å². The zero-order chi connectivity index (χ0) is 15.4. The van der Waals surface area contributed by atoms with Crippen molar-refractivity contribution < 1.29 is 14.7 Å². The molecule has 21 heavy (non-hydrogen) atoms. The average molecular weight is 284 g/mol. The summed E-state index contributed by atoms with van der Waals surface area (Å²) in [5.74, 6) is -1.90. The van der Waals surface area contributed by atoms with Gasteiger partial charge < -0.3 is 10.8 Å². The summed E-state index contributed by atoms with van der Waals surface area (Å²) in [5.41, 5.74) is 7.75. The Hall–Kier alpha value is -3.02. The fraction of sp³-hybridized carbons (Fsp3) is 0.0667. The number of anilines is 1. The third-order valence-electron chi connectivity index (χ3n) is 3.10. The van der Waals surface area contributed by atoms with Crippen LogP contribution in [0.4, 0.5) is 5.69 Å². The number of carboxylic acid groups (broad SMARTS) is 1. The molecule has 3 N–H and O–H groups in total. The third-order valence-corrected chi connectivity index (χ3v) is 3.10. The Morgan fingerprint density at radius 2 is 1.81 bits per heavy atom. The van der Waals surface area contributed by atoms with E-state index in [4.69, 9.17) is 10.8 Å². The summed E-state index contributed by atoms with van der Waals surface area (Å²) < 4.78 is 0. The smallest absolute Gasteiger partial charge is 0.335 e. The van der Waals surface area contributed by atoms with Gasteiger partial charge in [-0.3, -0.25) is 4.79 Å². The van der Waals surface area contributed by atoms with Crippen LogP contribution >= 0.6 is 0 Å². The molecule has 0 radical (unpaired) electrons. The van der Waals surface area contributed by atoms with Crippen LogP contribution in [0.25, 0.3) is 0 Å². The van der Waals surface area contributed by atoms with Gasteiger partial charge in [0.1, 0.15) is 0 Å². The van der Waals surface area contributed by atoms with Gasteiger partial charge in [-0.25, -0.2) is 4.79 Å². The van der Waals surface area contributed by atoms with Crippen molar-refractivity contribution in [2.24, 2.45) is 5.18 Å². The number of carboxylic acids is 1. The van der Waals surface area contributed by atoms with Gasteiger partial charge in [0.05, 0.1) is 5.56 Å². The summed E-state index contributed by atoms with van der Waals surface area (Å²) in [4.78, 5) is 32.5. The molecule has 0 fully saturated rings. The van der Waals surface area contributed by atoms with Crippen molar-refractivity contribution in [3.05, 3.63) is 69.6 Å². The maximum Gasteiger partial charge on any atom is 0.335 e. The Morgan fingerprint density at radius 1 is 1.10 bits per heavy atom. The molecule has 0 aliphatic carbocycles. The number of nitrogen functional groups attached to an aromatic ring is 1. The summed E-state index contributed by atoms with van der Waals surface area (Å²) in [7, 11) is 0. The predicted octanol–water partition coefficient (Wildman–Crippen LogP) is 2.46. The molecular formula is C15H12N2O4. The number of hydrogen-bond acceptors (Lipinski definition) is 4. The van der Waals surface area contributed by atoms with Crippen LogP contribution in [-0.4, -0.2) is 17.0 Å². The molecule has 2 aromatic rings. The summed E-state index contributed by atoms with van der Waals surface area (Å²) >= 11 is 0. The summed E-state index contributed by atoms with van der Waals surface area (Å²) in [6, 6.07) is 11.0. The summed E-state index contributed by atoms with van der Waals surface area (Å²) in [6.45, 7) is 0. The lowest BCUT2D eigenvalue weighted by atomic mass is 9.97. The Labute approximate surface area is 120 Å². The first kappa shape index (κ1) is 14.4. The van der Waals surface area contributed by atoms with E-state index in [-0.39, 0.29) is 11.1 Å². The van der Waals surface area contributed by atoms with Crippen LogP contribution in [0.3, 0.4) is 0 Å². The molecule has 2 rings (SSSR count). The van der Waals surface area contributed by atoms with Crippen molar-refractivity contribution in [1.82, 2.24) is 0 Å². The standard InChI is InChI=1S/C15H12N2O4/c16-13-8-11(14(18)17-21)6-5-10(13)7-9-3-1-2-4-12(9)15(19)20/h1-6,8H,7,16H2,(H,19,20). The van der Waals surface area contributed by atoms with E-state index in [1.54, 1.807) is 24.3 Å². The SMILES string of the molecule is Nc1cc(C(=O)N=O)ccc1Cc1ccccc1C(=O)O. The molecular weight excluding hydrogens is 272 g/mol. The second kappa shape index (κ2) is 5.96. The second-order valence-electron chi connectivity index (χ2n) is 4.45. The molecule has 0 spiro atoms. The van der Waals surface area contributed by atoms with Gasteiger partial charge in [0.2, 0.25) is 0 Å². The zero-order valence-electron chi connectivity index (χ0n) is 10.9. The minimum atomic E-state index is -1.01. The highest BCUT2D eigenvalue weighted by atomic mass is 16.4. The first-order valence-corrected chi connectivity index (χ1v) is 6.10. The number of carbonyl (C=O) groups excluding carboxylic acids is 1. The van der Waals surface area contributed by atoms with Gasteiger partial charge in [0.15, 0.2) is 0 Å². The lowest BCUT2D eigenvalue weighted by Crippen LogP contribution is -2.05. The molecule has 6 nitrogen and oxygen atoms in total. The number of carbonyl (C=O) groups is 2. The van der Waals surface area contributed by atoms with Crippen molar-refractivity contribution in [1.29, 1.82) is 0 Å². The minimum absolute atomic E-state index is 0.109. The van der Waals surface area contributed by atoms with Crippen LogP contribution in [0.5, 0.6) is 0 Å². The largest absolute Gasteiger partial charge is 0.478 e. The Kier molecular flexibility index (Phi) is 4.08. The lowest BCUT2D eigenvalue weighted by Gasteiger charge is -2.09. The highest BCUT2D eigenvalue weighted by molar-refractivity contribution is 5.95. The Bertz CT molecular complexity index is 725. The number of nitrogens with two attached hydrogens (primary N) is 1. The number of benzene rings is 2. The third kappa shape index (κ3) is 3.11. The normalized spacial score (nSPS) is 10.1. The molecule has 106 valence electrons. The van der Waals surface area contributed by atoms with Crippen LogP contribution in [-0.2, 0) is 6.42 Å². The maximum absolute atomic E-state index is 11.2. The molecule has 0 saturated heterocycles. The van der Waals surface area contributed by atoms with E-state index < -0.39 is 11.9 Å². The van der Waals surface area contributed by atoms with Crippen molar-refractivity contribution in [3.63, 3.8) is 0 Å². The number of aromatic carboxylic acids is 1.